The average Bonchev–Trinajstić information content (AvgIpc) is 2.02. The molecule has 2 amide bonds. The molecular weight excluding hydrogens is 146 g/mol. The van der Waals surface area contributed by atoms with Crippen molar-refractivity contribution < 1.29 is 9.59 Å². The van der Waals surface area contributed by atoms with Crippen LogP contribution in [0.5, 0.6) is 0 Å². The fraction of sp³-hybridized carbons (Fsp3) is 0.333. The Hall–Kier alpha value is -1.52. The molecule has 5 heteroatoms. The molecule has 0 rings (SSSR count). The molecule has 0 aromatic carbocycles. The summed E-state index contributed by atoms with van der Waals surface area (Å²) in [6.07, 6.45) is 1.03. The van der Waals surface area contributed by atoms with Gasteiger partial charge in [-0.1, -0.05) is 0 Å². The molecule has 4 N–H and O–H groups in total. The summed E-state index contributed by atoms with van der Waals surface area (Å²) in [6.45, 7) is 0. The van der Waals surface area contributed by atoms with Crippen molar-refractivity contribution in [3.63, 3.8) is 0 Å². The van der Waals surface area contributed by atoms with Crippen LogP contribution in [0.3, 0.4) is 0 Å². The van der Waals surface area contributed by atoms with E-state index in [2.05, 4.69) is 10.6 Å². The quantitative estimate of drug-likeness (QED) is 0.419. The summed E-state index contributed by atoms with van der Waals surface area (Å²) in [5.74, 6) is -0.861. The highest BCUT2D eigenvalue weighted by Gasteiger charge is 2.02. The topological polar surface area (TPSA) is 84.2 Å². The van der Waals surface area contributed by atoms with Gasteiger partial charge in [-0.3, -0.25) is 9.59 Å². The van der Waals surface area contributed by atoms with Crippen LogP contribution in [0.2, 0.25) is 0 Å². The normalized spacial score (nSPS) is 10.5. The molecule has 0 atom stereocenters. The van der Waals surface area contributed by atoms with Gasteiger partial charge in [-0.15, -0.1) is 0 Å². The van der Waals surface area contributed by atoms with Gasteiger partial charge < -0.3 is 16.4 Å². The maximum Gasteiger partial charge on any atom is 0.267 e. The van der Waals surface area contributed by atoms with E-state index in [1.54, 1.807) is 0 Å². The third kappa shape index (κ3) is 3.24. The van der Waals surface area contributed by atoms with E-state index in [1.165, 1.54) is 14.1 Å². The van der Waals surface area contributed by atoms with Crippen molar-refractivity contribution >= 4 is 11.8 Å². The molecular formula is C6H11N3O2. The Bertz CT molecular complexity index is 198. The van der Waals surface area contributed by atoms with E-state index in [1.807, 2.05) is 0 Å². The third-order valence-corrected chi connectivity index (χ3v) is 1.02. The van der Waals surface area contributed by atoms with Gasteiger partial charge in [0.2, 0.25) is 5.91 Å². The zero-order valence-electron chi connectivity index (χ0n) is 6.47. The van der Waals surface area contributed by atoms with Crippen molar-refractivity contribution in [1.82, 2.24) is 10.6 Å². The molecule has 5 nitrogen and oxygen atoms in total. The summed E-state index contributed by atoms with van der Waals surface area (Å²) in [5.41, 5.74) is 5.09. The fourth-order valence-electron chi connectivity index (χ4n) is 0.423. The van der Waals surface area contributed by atoms with Crippen LogP contribution in [-0.2, 0) is 9.59 Å². The fourth-order valence-corrected chi connectivity index (χ4v) is 0.423. The molecule has 0 fully saturated rings. The van der Waals surface area contributed by atoms with E-state index in [-0.39, 0.29) is 5.70 Å². The largest absolute Gasteiger partial charge is 0.394 e. The summed E-state index contributed by atoms with van der Waals surface area (Å²) in [4.78, 5) is 21.3. The van der Waals surface area contributed by atoms with E-state index in [0.717, 1.165) is 6.08 Å². The minimum absolute atomic E-state index is 0.105. The van der Waals surface area contributed by atoms with E-state index in [9.17, 15) is 9.59 Å². The van der Waals surface area contributed by atoms with Gasteiger partial charge in [-0.05, 0) is 0 Å². The second-order valence-corrected chi connectivity index (χ2v) is 1.79. The van der Waals surface area contributed by atoms with Gasteiger partial charge in [0, 0.05) is 20.2 Å². The molecule has 0 aliphatic heterocycles. The summed E-state index contributed by atoms with van der Waals surface area (Å²) < 4.78 is 0. The molecule has 0 unspecified atom stereocenters. The predicted molar refractivity (Wildman–Crippen MR) is 40.4 cm³/mol. The lowest BCUT2D eigenvalue weighted by Crippen LogP contribution is -2.27. The summed E-state index contributed by atoms with van der Waals surface area (Å²) >= 11 is 0. The van der Waals surface area contributed by atoms with Crippen LogP contribution in [0.15, 0.2) is 11.8 Å². The Morgan fingerprint density at radius 3 is 2.18 bits per heavy atom. The Balaban J connectivity index is 4.21. The molecule has 0 radical (unpaired) electrons. The third-order valence-electron chi connectivity index (χ3n) is 1.02. The Morgan fingerprint density at radius 1 is 1.27 bits per heavy atom. The zero-order valence-corrected chi connectivity index (χ0v) is 6.47. The molecule has 62 valence electrons. The molecule has 0 heterocycles. The maximum absolute atomic E-state index is 10.7. The van der Waals surface area contributed by atoms with Crippen LogP contribution >= 0.6 is 0 Å². The van der Waals surface area contributed by atoms with E-state index >= 15 is 0 Å². The molecule has 0 aliphatic carbocycles. The predicted octanol–water partition coefficient (Wildman–Crippen LogP) is -1.68. The van der Waals surface area contributed by atoms with Gasteiger partial charge in [0.1, 0.15) is 5.70 Å². The number of hydrogen-bond acceptors (Lipinski definition) is 3. The Kier molecular flexibility index (Phi) is 3.72. The maximum atomic E-state index is 10.7. The van der Waals surface area contributed by atoms with Crippen molar-refractivity contribution in [2.75, 3.05) is 14.1 Å². The molecule has 11 heavy (non-hydrogen) atoms. The first-order valence-electron chi connectivity index (χ1n) is 3.02. The summed E-state index contributed by atoms with van der Waals surface area (Å²) in [6, 6.07) is 0. The Morgan fingerprint density at radius 2 is 1.82 bits per heavy atom. The average molecular weight is 157 g/mol. The second-order valence-electron chi connectivity index (χ2n) is 1.79. The standard InChI is InChI=1S/C6H11N3O2/c1-8-5(10)3-4(7)6(11)9-2/h3H,7H2,1-2H3,(H,8,10)(H,9,11)/b4-3-. The molecule has 0 bridgehead atoms. The van der Waals surface area contributed by atoms with Gasteiger partial charge in [0.25, 0.3) is 5.91 Å². The number of nitrogens with one attached hydrogen (secondary N) is 2. The van der Waals surface area contributed by atoms with E-state index < -0.39 is 11.8 Å². The smallest absolute Gasteiger partial charge is 0.267 e. The van der Waals surface area contributed by atoms with Crippen LogP contribution in [0.25, 0.3) is 0 Å². The SMILES string of the molecule is CNC(=O)/C=C(\N)C(=O)NC. The molecule has 0 spiro atoms. The number of nitrogens with two attached hydrogens (primary N) is 1. The van der Waals surface area contributed by atoms with Crippen molar-refractivity contribution in [3.8, 4) is 0 Å². The van der Waals surface area contributed by atoms with E-state index in [0.29, 0.717) is 0 Å². The van der Waals surface area contributed by atoms with Gasteiger partial charge in [-0.2, -0.15) is 0 Å². The van der Waals surface area contributed by atoms with Gasteiger partial charge in [0.05, 0.1) is 0 Å². The van der Waals surface area contributed by atoms with Crippen LogP contribution < -0.4 is 16.4 Å². The van der Waals surface area contributed by atoms with Crippen LogP contribution in [0.4, 0.5) is 0 Å². The van der Waals surface area contributed by atoms with Crippen LogP contribution in [-0.4, -0.2) is 25.9 Å². The van der Waals surface area contributed by atoms with Crippen molar-refractivity contribution in [2.24, 2.45) is 5.73 Å². The zero-order chi connectivity index (χ0) is 8.85. The molecule has 0 aromatic rings. The number of carbonyl (C=O) groups excluding carboxylic acids is 2. The first-order valence-corrected chi connectivity index (χ1v) is 3.02. The van der Waals surface area contributed by atoms with E-state index in [4.69, 9.17) is 5.73 Å². The Labute approximate surface area is 64.6 Å². The van der Waals surface area contributed by atoms with Crippen molar-refractivity contribution in [2.45, 2.75) is 0 Å². The van der Waals surface area contributed by atoms with Crippen LogP contribution in [0.1, 0.15) is 0 Å². The van der Waals surface area contributed by atoms with Crippen molar-refractivity contribution in [3.05, 3.63) is 11.8 Å². The lowest BCUT2D eigenvalue weighted by molar-refractivity contribution is -0.119. The summed E-state index contributed by atoms with van der Waals surface area (Å²) in [7, 11) is 2.89. The van der Waals surface area contributed by atoms with Crippen LogP contribution in [0, 0.1) is 0 Å². The minimum atomic E-state index is -0.464. The van der Waals surface area contributed by atoms with Gasteiger partial charge in [0.15, 0.2) is 0 Å². The lowest BCUT2D eigenvalue weighted by atomic mass is 10.4. The van der Waals surface area contributed by atoms with Gasteiger partial charge in [-0.25, -0.2) is 0 Å². The molecule has 0 aromatic heterocycles. The number of amides is 2. The highest BCUT2D eigenvalue weighted by Crippen LogP contribution is 1.81. The first-order chi connectivity index (χ1) is 5.11. The van der Waals surface area contributed by atoms with Gasteiger partial charge >= 0.3 is 0 Å². The number of hydrogen-bond donors (Lipinski definition) is 3. The molecule has 0 saturated heterocycles. The highest BCUT2D eigenvalue weighted by atomic mass is 16.2. The monoisotopic (exact) mass is 157 g/mol. The lowest BCUT2D eigenvalue weighted by Gasteiger charge is -1.97. The number of carbonyl (C=O) groups is 2. The minimum Gasteiger partial charge on any atom is -0.394 e. The molecule has 0 saturated carbocycles. The second kappa shape index (κ2) is 4.32. The number of likely N-dealkylation sites (N-methyl/N-ethyl adjacent to an activating group) is 2. The van der Waals surface area contributed by atoms with Crippen molar-refractivity contribution in [1.29, 1.82) is 0 Å². The summed E-state index contributed by atoms with van der Waals surface area (Å²) in [5, 5.41) is 4.58. The highest BCUT2D eigenvalue weighted by molar-refractivity contribution is 5.99. The first kappa shape index (κ1) is 9.48. The molecule has 0 aliphatic rings. The number of rotatable bonds is 2.